The number of aryl methyl sites for hydroxylation is 2. The summed E-state index contributed by atoms with van der Waals surface area (Å²) < 4.78 is 2.20. The van der Waals surface area contributed by atoms with E-state index < -0.39 is 0 Å². The van der Waals surface area contributed by atoms with E-state index in [9.17, 15) is 4.79 Å². The second-order valence-electron chi connectivity index (χ2n) is 10.1. The smallest absolute Gasteiger partial charge is 0.253 e. The number of carbonyl (C=O) groups is 1. The summed E-state index contributed by atoms with van der Waals surface area (Å²) >= 11 is 0. The van der Waals surface area contributed by atoms with Gasteiger partial charge in [0.2, 0.25) is 0 Å². The number of nitrogens with zero attached hydrogens (tertiary/aromatic N) is 5. The quantitative estimate of drug-likeness (QED) is 0.419. The molecule has 2 N–H and O–H groups in total. The molecule has 7 heteroatoms. The first-order valence-corrected chi connectivity index (χ1v) is 12.7. The summed E-state index contributed by atoms with van der Waals surface area (Å²) in [6, 6.07) is 14.4. The van der Waals surface area contributed by atoms with Crippen LogP contribution in [0.5, 0.6) is 0 Å². The molecule has 1 unspecified atom stereocenters. The highest BCUT2D eigenvalue weighted by atomic mass is 16.2. The number of benzene rings is 1. The zero-order valence-corrected chi connectivity index (χ0v) is 22.2. The Labute approximate surface area is 218 Å². The van der Waals surface area contributed by atoms with Crippen molar-refractivity contribution in [2.24, 2.45) is 7.05 Å². The molecule has 0 fully saturated rings. The number of amides is 1. The van der Waals surface area contributed by atoms with Crippen molar-refractivity contribution in [3.63, 3.8) is 0 Å². The van der Waals surface area contributed by atoms with Gasteiger partial charge in [0.15, 0.2) is 0 Å². The molecule has 0 spiro atoms. The van der Waals surface area contributed by atoms with Crippen LogP contribution >= 0.6 is 0 Å². The van der Waals surface area contributed by atoms with E-state index in [1.54, 1.807) is 25.2 Å². The molecule has 190 valence electrons. The number of hydrogen-bond acceptors (Lipinski definition) is 5. The van der Waals surface area contributed by atoms with E-state index in [4.69, 9.17) is 5.73 Å². The molecule has 7 nitrogen and oxygen atoms in total. The molecule has 1 amide bonds. The number of fused-ring (bicyclic) bond motifs is 1. The predicted molar refractivity (Wildman–Crippen MR) is 150 cm³/mol. The monoisotopic (exact) mass is 494 g/mol. The SMILES string of the molecule is Cc1cc(C(=O)N(C)C)ccc1C1=CCN(C(C)c2cc3c(-c4ccc(N)cn4)ccnc3n2C)CC1. The molecular formula is C30H34N6O. The van der Waals surface area contributed by atoms with Gasteiger partial charge >= 0.3 is 0 Å². The van der Waals surface area contributed by atoms with Gasteiger partial charge < -0.3 is 15.2 Å². The maximum Gasteiger partial charge on any atom is 0.253 e. The Balaban J connectivity index is 1.39. The average Bonchev–Trinajstić information content (AvgIpc) is 3.25. The fraction of sp³-hybridized carbons (Fsp3) is 0.300. The van der Waals surface area contributed by atoms with Crippen molar-refractivity contribution in [2.45, 2.75) is 26.3 Å². The summed E-state index contributed by atoms with van der Waals surface area (Å²) in [5, 5.41) is 1.10. The number of anilines is 1. The van der Waals surface area contributed by atoms with Gasteiger partial charge in [-0.05, 0) is 73.4 Å². The van der Waals surface area contributed by atoms with Gasteiger partial charge in [-0.2, -0.15) is 0 Å². The fourth-order valence-corrected chi connectivity index (χ4v) is 5.31. The van der Waals surface area contributed by atoms with Gasteiger partial charge in [0.25, 0.3) is 5.91 Å². The zero-order chi connectivity index (χ0) is 26.3. The van der Waals surface area contributed by atoms with E-state index in [1.165, 1.54) is 16.8 Å². The number of nitrogens with two attached hydrogens (primary N) is 1. The van der Waals surface area contributed by atoms with Gasteiger partial charge in [-0.1, -0.05) is 12.1 Å². The van der Waals surface area contributed by atoms with Crippen LogP contribution in [-0.2, 0) is 7.05 Å². The predicted octanol–water partition coefficient (Wildman–Crippen LogP) is 5.08. The lowest BCUT2D eigenvalue weighted by atomic mass is 9.93. The van der Waals surface area contributed by atoms with Crippen LogP contribution in [0.15, 0.2) is 60.9 Å². The maximum absolute atomic E-state index is 12.3. The van der Waals surface area contributed by atoms with Crippen molar-refractivity contribution in [3.05, 3.63) is 83.3 Å². The molecule has 1 aliphatic heterocycles. The number of rotatable bonds is 5. The third-order valence-electron chi connectivity index (χ3n) is 7.47. The van der Waals surface area contributed by atoms with E-state index in [2.05, 4.69) is 58.5 Å². The molecule has 0 aliphatic carbocycles. The summed E-state index contributed by atoms with van der Waals surface area (Å²) in [6.45, 7) is 6.19. The van der Waals surface area contributed by atoms with Crippen molar-refractivity contribution in [3.8, 4) is 11.3 Å². The molecule has 0 radical (unpaired) electrons. The van der Waals surface area contributed by atoms with Gasteiger partial charge in [0.05, 0.1) is 17.6 Å². The van der Waals surface area contributed by atoms with Crippen molar-refractivity contribution in [1.29, 1.82) is 0 Å². The van der Waals surface area contributed by atoms with Crippen LogP contribution in [-0.4, -0.2) is 57.4 Å². The minimum atomic E-state index is 0.0343. The van der Waals surface area contributed by atoms with Crippen LogP contribution in [0, 0.1) is 6.92 Å². The summed E-state index contributed by atoms with van der Waals surface area (Å²) in [4.78, 5) is 25.7. The average molecular weight is 495 g/mol. The topological polar surface area (TPSA) is 80.3 Å². The number of aromatic nitrogens is 3. The highest BCUT2D eigenvalue weighted by molar-refractivity contribution is 5.95. The molecule has 5 rings (SSSR count). The number of carbonyl (C=O) groups excluding carboxylic acids is 1. The first-order chi connectivity index (χ1) is 17.7. The molecule has 4 aromatic rings. The number of hydrogen-bond donors (Lipinski definition) is 1. The highest BCUT2D eigenvalue weighted by Crippen LogP contribution is 2.34. The molecule has 0 saturated heterocycles. The normalized spacial score (nSPS) is 15.0. The van der Waals surface area contributed by atoms with Crippen molar-refractivity contribution >= 4 is 28.2 Å². The standard InChI is InChI=1S/C30H34N6O/c1-19-16-22(30(37)34(3)4)6-8-24(19)21-11-14-36(15-12-21)20(2)28-17-26-25(10-13-32-29(26)35(28)5)27-9-7-23(31)18-33-27/h6-11,13,16-18,20H,12,14-15,31H2,1-5H3. The molecular weight excluding hydrogens is 460 g/mol. The summed E-state index contributed by atoms with van der Waals surface area (Å²) in [5.74, 6) is 0.0343. The minimum Gasteiger partial charge on any atom is -0.397 e. The molecule has 0 bridgehead atoms. The molecule has 1 atom stereocenters. The van der Waals surface area contributed by atoms with Crippen LogP contribution in [0.3, 0.4) is 0 Å². The third-order valence-corrected chi connectivity index (χ3v) is 7.47. The number of nitrogen functional groups attached to an aromatic ring is 1. The lowest BCUT2D eigenvalue weighted by Crippen LogP contribution is -2.32. The van der Waals surface area contributed by atoms with Gasteiger partial charge in [0, 0.05) is 68.7 Å². The van der Waals surface area contributed by atoms with E-state index in [-0.39, 0.29) is 11.9 Å². The maximum atomic E-state index is 12.3. The summed E-state index contributed by atoms with van der Waals surface area (Å²) in [6.07, 6.45) is 6.84. The largest absolute Gasteiger partial charge is 0.397 e. The lowest BCUT2D eigenvalue weighted by Gasteiger charge is -2.32. The van der Waals surface area contributed by atoms with E-state index in [0.717, 1.165) is 52.9 Å². The van der Waals surface area contributed by atoms with Gasteiger partial charge in [-0.15, -0.1) is 0 Å². The highest BCUT2D eigenvalue weighted by Gasteiger charge is 2.24. The second kappa shape index (κ2) is 9.82. The van der Waals surface area contributed by atoms with Crippen LogP contribution in [0.4, 0.5) is 5.69 Å². The van der Waals surface area contributed by atoms with Crippen LogP contribution in [0.25, 0.3) is 27.9 Å². The van der Waals surface area contributed by atoms with Crippen molar-refractivity contribution in [1.82, 2.24) is 24.3 Å². The number of pyridine rings is 2. The molecule has 37 heavy (non-hydrogen) atoms. The van der Waals surface area contributed by atoms with Crippen LogP contribution in [0.1, 0.15) is 46.6 Å². The Kier molecular flexibility index (Phi) is 6.56. The Hall–Kier alpha value is -3.97. The van der Waals surface area contributed by atoms with Crippen LogP contribution in [0.2, 0.25) is 0 Å². The van der Waals surface area contributed by atoms with Crippen molar-refractivity contribution < 1.29 is 4.79 Å². The van der Waals surface area contributed by atoms with Crippen LogP contribution < -0.4 is 5.73 Å². The van der Waals surface area contributed by atoms with E-state index >= 15 is 0 Å². The Morgan fingerprint density at radius 1 is 1.08 bits per heavy atom. The minimum absolute atomic E-state index is 0.0343. The summed E-state index contributed by atoms with van der Waals surface area (Å²) in [5.41, 5.74) is 15.1. The molecule has 1 aromatic carbocycles. The first kappa shape index (κ1) is 24.7. The molecule has 4 heterocycles. The van der Waals surface area contributed by atoms with Gasteiger partial charge in [-0.3, -0.25) is 14.7 Å². The molecule has 0 saturated carbocycles. The first-order valence-electron chi connectivity index (χ1n) is 12.7. The third kappa shape index (κ3) is 4.62. The molecule has 1 aliphatic rings. The van der Waals surface area contributed by atoms with Gasteiger partial charge in [-0.25, -0.2) is 4.98 Å². The van der Waals surface area contributed by atoms with Crippen molar-refractivity contribution in [2.75, 3.05) is 32.9 Å². The lowest BCUT2D eigenvalue weighted by molar-refractivity contribution is 0.0827. The van der Waals surface area contributed by atoms with E-state index in [1.807, 2.05) is 36.5 Å². The fourth-order valence-electron chi connectivity index (χ4n) is 5.31. The zero-order valence-electron chi connectivity index (χ0n) is 22.2. The second-order valence-corrected chi connectivity index (χ2v) is 10.1. The van der Waals surface area contributed by atoms with Gasteiger partial charge in [0.1, 0.15) is 5.65 Å². The van der Waals surface area contributed by atoms with E-state index in [0.29, 0.717) is 5.69 Å². The summed E-state index contributed by atoms with van der Waals surface area (Å²) in [7, 11) is 5.66. The Bertz CT molecular complexity index is 1500. The molecule has 3 aromatic heterocycles. The Morgan fingerprint density at radius 2 is 1.89 bits per heavy atom. The Morgan fingerprint density at radius 3 is 2.54 bits per heavy atom.